The smallest absolute Gasteiger partial charge is 0.289 e. The molecule has 170 valence electrons. The molecule has 3 heterocycles. The minimum atomic E-state index is -0.0620. The summed E-state index contributed by atoms with van der Waals surface area (Å²) in [4.78, 5) is 33.1. The van der Waals surface area contributed by atoms with Crippen LogP contribution in [0.5, 0.6) is 0 Å². The average Bonchev–Trinajstić information content (AvgIpc) is 3.29. The first-order chi connectivity index (χ1) is 14.6. The Labute approximate surface area is 200 Å². The molecule has 1 amide bonds. The Morgan fingerprint density at radius 3 is 2.48 bits per heavy atom. The van der Waals surface area contributed by atoms with Crippen molar-refractivity contribution < 1.29 is 9.21 Å². The van der Waals surface area contributed by atoms with E-state index >= 15 is 0 Å². The van der Waals surface area contributed by atoms with Crippen molar-refractivity contribution >= 4 is 35.8 Å². The van der Waals surface area contributed by atoms with Gasteiger partial charge in [0.2, 0.25) is 0 Å². The monoisotopic (exact) mass is 541 g/mol. The standard InChI is InChI=1S/C22H31N5O3.HI/c1-3-23-22(24-11-4-5-12-27-18(2)8-6-10-20(27)28)26-15-13-25(14-16-26)21(29)19-9-7-17-30-19;/h6-10,17H,3-5,11-16H2,1-2H3,(H,23,24);1H. The quantitative estimate of drug-likeness (QED) is 0.252. The van der Waals surface area contributed by atoms with E-state index in [1.165, 1.54) is 6.26 Å². The number of carbonyl (C=O) groups excluding carboxylic acids is 1. The molecule has 9 heteroatoms. The molecule has 0 atom stereocenters. The van der Waals surface area contributed by atoms with Crippen LogP contribution in [0.2, 0.25) is 0 Å². The molecule has 8 nitrogen and oxygen atoms in total. The van der Waals surface area contributed by atoms with E-state index in [-0.39, 0.29) is 35.4 Å². The number of halogens is 1. The second kappa shape index (κ2) is 12.5. The lowest BCUT2D eigenvalue weighted by Crippen LogP contribution is -2.53. The Balaban J connectivity index is 0.00000341. The van der Waals surface area contributed by atoms with Crippen LogP contribution in [0.1, 0.15) is 36.0 Å². The molecule has 2 aromatic rings. The molecule has 0 bridgehead atoms. The Hall–Kier alpha value is -2.30. The van der Waals surface area contributed by atoms with Gasteiger partial charge in [-0.2, -0.15) is 0 Å². The fourth-order valence-electron chi connectivity index (χ4n) is 3.58. The van der Waals surface area contributed by atoms with Gasteiger partial charge in [0, 0.05) is 57.6 Å². The number of guanidine groups is 1. The van der Waals surface area contributed by atoms with Crippen molar-refractivity contribution in [1.82, 2.24) is 19.7 Å². The van der Waals surface area contributed by atoms with E-state index < -0.39 is 0 Å². The maximum Gasteiger partial charge on any atom is 0.289 e. The van der Waals surface area contributed by atoms with Crippen LogP contribution < -0.4 is 10.9 Å². The van der Waals surface area contributed by atoms with Crippen molar-refractivity contribution in [2.24, 2.45) is 4.99 Å². The summed E-state index contributed by atoms with van der Waals surface area (Å²) in [6.07, 6.45) is 3.33. The van der Waals surface area contributed by atoms with Crippen molar-refractivity contribution in [3.05, 3.63) is 58.4 Å². The Kier molecular flexibility index (Phi) is 10.1. The Bertz CT molecular complexity index is 902. The molecular formula is C22H32IN5O3. The zero-order chi connectivity index (χ0) is 21.3. The van der Waals surface area contributed by atoms with E-state index in [2.05, 4.69) is 17.1 Å². The van der Waals surface area contributed by atoms with Crippen molar-refractivity contribution in [2.75, 3.05) is 39.3 Å². The third kappa shape index (κ3) is 6.84. The number of hydrogen-bond acceptors (Lipinski definition) is 4. The zero-order valence-electron chi connectivity index (χ0n) is 18.2. The number of rotatable bonds is 7. The van der Waals surface area contributed by atoms with Gasteiger partial charge < -0.3 is 24.1 Å². The van der Waals surface area contributed by atoms with E-state index in [1.54, 1.807) is 24.3 Å². The molecule has 31 heavy (non-hydrogen) atoms. The maximum atomic E-state index is 12.4. The molecule has 2 aromatic heterocycles. The average molecular weight is 541 g/mol. The summed E-state index contributed by atoms with van der Waals surface area (Å²) in [6, 6.07) is 8.78. The minimum absolute atomic E-state index is 0. The van der Waals surface area contributed by atoms with Crippen LogP contribution in [0.15, 0.2) is 50.8 Å². The topological polar surface area (TPSA) is 83.1 Å². The van der Waals surface area contributed by atoms with Crippen molar-refractivity contribution in [3.8, 4) is 0 Å². The number of unbranched alkanes of at least 4 members (excludes halogenated alkanes) is 1. The van der Waals surface area contributed by atoms with Gasteiger partial charge in [-0.25, -0.2) is 0 Å². The second-order valence-electron chi connectivity index (χ2n) is 7.36. The molecule has 0 saturated carbocycles. The second-order valence-corrected chi connectivity index (χ2v) is 7.36. The number of carbonyl (C=O) groups is 1. The summed E-state index contributed by atoms with van der Waals surface area (Å²) < 4.78 is 7.03. The van der Waals surface area contributed by atoms with Gasteiger partial charge in [0.15, 0.2) is 11.7 Å². The van der Waals surface area contributed by atoms with Crippen LogP contribution in [0.4, 0.5) is 0 Å². The van der Waals surface area contributed by atoms with E-state index in [0.29, 0.717) is 31.9 Å². The molecule has 0 radical (unpaired) electrons. The molecule has 1 aliphatic heterocycles. The summed E-state index contributed by atoms with van der Waals surface area (Å²) >= 11 is 0. The SMILES string of the molecule is CCNC(=NCCCCn1c(C)cccc1=O)N1CCN(C(=O)c2ccco2)CC1.I. The number of nitrogens with zero attached hydrogens (tertiary/aromatic N) is 4. The summed E-state index contributed by atoms with van der Waals surface area (Å²) in [5.41, 5.74) is 1.04. The molecule has 0 spiro atoms. The maximum absolute atomic E-state index is 12.4. The lowest BCUT2D eigenvalue weighted by Gasteiger charge is -2.36. The third-order valence-corrected chi connectivity index (χ3v) is 5.25. The summed E-state index contributed by atoms with van der Waals surface area (Å²) in [5.74, 6) is 1.21. The molecule has 0 aromatic carbocycles. The highest BCUT2D eigenvalue weighted by Gasteiger charge is 2.25. The van der Waals surface area contributed by atoms with Gasteiger partial charge in [0.25, 0.3) is 11.5 Å². The first kappa shape index (κ1) is 25.0. The molecule has 1 fully saturated rings. The zero-order valence-corrected chi connectivity index (χ0v) is 20.6. The highest BCUT2D eigenvalue weighted by Crippen LogP contribution is 2.10. The van der Waals surface area contributed by atoms with Crippen molar-refractivity contribution in [1.29, 1.82) is 0 Å². The van der Waals surface area contributed by atoms with Crippen LogP contribution in [0.25, 0.3) is 0 Å². The first-order valence-electron chi connectivity index (χ1n) is 10.6. The van der Waals surface area contributed by atoms with Gasteiger partial charge in [-0.05, 0) is 44.9 Å². The number of aliphatic imine (C=N–C) groups is 1. The molecule has 1 aliphatic rings. The van der Waals surface area contributed by atoms with Gasteiger partial charge in [0.1, 0.15) is 0 Å². The molecular weight excluding hydrogens is 509 g/mol. The van der Waals surface area contributed by atoms with Crippen LogP contribution >= 0.6 is 24.0 Å². The lowest BCUT2D eigenvalue weighted by atomic mass is 10.2. The highest BCUT2D eigenvalue weighted by molar-refractivity contribution is 14.0. The normalized spacial score (nSPS) is 14.3. The predicted molar refractivity (Wildman–Crippen MR) is 132 cm³/mol. The Morgan fingerprint density at radius 2 is 1.84 bits per heavy atom. The third-order valence-electron chi connectivity index (χ3n) is 5.25. The van der Waals surface area contributed by atoms with Crippen LogP contribution in [0.3, 0.4) is 0 Å². The molecule has 1 saturated heterocycles. The molecule has 0 aliphatic carbocycles. The number of aromatic nitrogens is 1. The van der Waals surface area contributed by atoms with E-state index in [1.807, 2.05) is 22.5 Å². The van der Waals surface area contributed by atoms with Crippen LogP contribution in [-0.2, 0) is 6.54 Å². The van der Waals surface area contributed by atoms with Gasteiger partial charge >= 0.3 is 0 Å². The largest absolute Gasteiger partial charge is 0.459 e. The van der Waals surface area contributed by atoms with E-state index in [0.717, 1.165) is 44.1 Å². The number of nitrogens with one attached hydrogen (secondary N) is 1. The fraction of sp³-hybridized carbons (Fsp3) is 0.500. The van der Waals surface area contributed by atoms with Gasteiger partial charge in [-0.3, -0.25) is 14.6 Å². The van der Waals surface area contributed by atoms with E-state index in [4.69, 9.17) is 9.41 Å². The molecule has 1 N–H and O–H groups in total. The number of furan rings is 1. The van der Waals surface area contributed by atoms with E-state index in [9.17, 15) is 9.59 Å². The number of piperazine rings is 1. The summed E-state index contributed by atoms with van der Waals surface area (Å²) in [6.45, 7) is 8.96. The van der Waals surface area contributed by atoms with Crippen LogP contribution in [0, 0.1) is 6.92 Å². The van der Waals surface area contributed by atoms with Gasteiger partial charge in [0.05, 0.1) is 6.26 Å². The lowest BCUT2D eigenvalue weighted by molar-refractivity contribution is 0.0657. The number of aryl methyl sites for hydroxylation is 1. The Morgan fingerprint density at radius 1 is 1.10 bits per heavy atom. The minimum Gasteiger partial charge on any atom is -0.459 e. The fourth-order valence-corrected chi connectivity index (χ4v) is 3.58. The number of hydrogen-bond donors (Lipinski definition) is 1. The van der Waals surface area contributed by atoms with Crippen molar-refractivity contribution in [3.63, 3.8) is 0 Å². The summed E-state index contributed by atoms with van der Waals surface area (Å²) in [7, 11) is 0. The van der Waals surface area contributed by atoms with Crippen molar-refractivity contribution in [2.45, 2.75) is 33.2 Å². The van der Waals surface area contributed by atoms with Crippen LogP contribution in [-0.4, -0.2) is 65.5 Å². The summed E-state index contributed by atoms with van der Waals surface area (Å²) in [5, 5.41) is 3.35. The van der Waals surface area contributed by atoms with Gasteiger partial charge in [-0.1, -0.05) is 6.07 Å². The number of amides is 1. The number of pyridine rings is 1. The molecule has 3 rings (SSSR count). The molecule has 0 unspecified atom stereocenters. The predicted octanol–water partition coefficient (Wildman–Crippen LogP) is 2.57. The highest BCUT2D eigenvalue weighted by atomic mass is 127. The first-order valence-corrected chi connectivity index (χ1v) is 10.6. The van der Waals surface area contributed by atoms with Gasteiger partial charge in [-0.15, -0.1) is 24.0 Å².